The molecule has 2 heterocycles. The molecule has 1 amide bonds. The van der Waals surface area contributed by atoms with Crippen LogP contribution in [0.15, 0.2) is 60.1 Å². The monoisotopic (exact) mass is 326 g/mol. The number of thiophene rings is 1. The van der Waals surface area contributed by atoms with Gasteiger partial charge in [-0.3, -0.25) is 9.78 Å². The minimum Gasteiger partial charge on any atom is -0.352 e. The van der Waals surface area contributed by atoms with Crippen LogP contribution in [0.1, 0.15) is 15.2 Å². The third-order valence-electron chi connectivity index (χ3n) is 3.40. The Morgan fingerprint density at radius 1 is 1.13 bits per heavy atom. The fourth-order valence-corrected chi connectivity index (χ4v) is 2.88. The smallest absolute Gasteiger partial charge is 0.252 e. The number of pyridine rings is 1. The van der Waals surface area contributed by atoms with Crippen LogP contribution in [0.4, 0.5) is 4.39 Å². The van der Waals surface area contributed by atoms with Crippen LogP contribution in [-0.4, -0.2) is 17.4 Å². The van der Waals surface area contributed by atoms with E-state index in [0.717, 1.165) is 12.0 Å². The van der Waals surface area contributed by atoms with Crippen molar-refractivity contribution >= 4 is 17.2 Å². The number of benzene rings is 1. The van der Waals surface area contributed by atoms with Crippen LogP contribution in [0, 0.1) is 5.82 Å². The minimum absolute atomic E-state index is 0.139. The van der Waals surface area contributed by atoms with Crippen molar-refractivity contribution in [3.05, 3.63) is 76.4 Å². The molecule has 0 aliphatic carbocycles. The predicted octanol–water partition coefficient (Wildman–Crippen LogP) is 3.92. The van der Waals surface area contributed by atoms with Gasteiger partial charge in [0.05, 0.1) is 11.3 Å². The van der Waals surface area contributed by atoms with Crippen molar-refractivity contribution in [1.29, 1.82) is 0 Å². The Bertz CT molecular complexity index is 768. The van der Waals surface area contributed by atoms with E-state index in [1.165, 1.54) is 17.0 Å². The maximum atomic E-state index is 12.9. The number of halogens is 1. The lowest BCUT2D eigenvalue weighted by molar-refractivity contribution is 0.0954. The summed E-state index contributed by atoms with van der Waals surface area (Å²) in [6.45, 7) is 0.596. The zero-order chi connectivity index (χ0) is 16.1. The highest BCUT2D eigenvalue weighted by atomic mass is 32.1. The van der Waals surface area contributed by atoms with E-state index >= 15 is 0 Å². The second-order valence-corrected chi connectivity index (χ2v) is 6.06. The van der Waals surface area contributed by atoms with Crippen molar-refractivity contribution in [2.24, 2.45) is 0 Å². The highest BCUT2D eigenvalue weighted by Crippen LogP contribution is 2.17. The van der Waals surface area contributed by atoms with Crippen molar-refractivity contribution in [1.82, 2.24) is 10.3 Å². The van der Waals surface area contributed by atoms with Gasteiger partial charge in [-0.05, 0) is 54.3 Å². The summed E-state index contributed by atoms with van der Waals surface area (Å²) < 4.78 is 12.9. The number of hydrogen-bond acceptors (Lipinski definition) is 3. The van der Waals surface area contributed by atoms with Crippen molar-refractivity contribution < 1.29 is 9.18 Å². The molecule has 0 unspecified atom stereocenters. The molecule has 0 aliphatic heterocycles. The maximum Gasteiger partial charge on any atom is 0.252 e. The van der Waals surface area contributed by atoms with E-state index in [-0.39, 0.29) is 11.7 Å². The van der Waals surface area contributed by atoms with Crippen molar-refractivity contribution in [2.75, 3.05) is 6.54 Å². The van der Waals surface area contributed by atoms with Crippen LogP contribution in [0.3, 0.4) is 0 Å². The zero-order valence-corrected chi connectivity index (χ0v) is 13.1. The normalized spacial score (nSPS) is 10.5. The summed E-state index contributed by atoms with van der Waals surface area (Å²) in [5.74, 6) is -0.421. The van der Waals surface area contributed by atoms with Gasteiger partial charge in [-0.15, -0.1) is 11.3 Å². The van der Waals surface area contributed by atoms with Crippen molar-refractivity contribution in [2.45, 2.75) is 6.42 Å². The minimum atomic E-state index is -0.282. The number of amides is 1. The van der Waals surface area contributed by atoms with Gasteiger partial charge in [0.15, 0.2) is 0 Å². The van der Waals surface area contributed by atoms with Gasteiger partial charge in [-0.25, -0.2) is 4.39 Å². The molecule has 116 valence electrons. The molecule has 23 heavy (non-hydrogen) atoms. The van der Waals surface area contributed by atoms with Crippen LogP contribution in [0.5, 0.6) is 0 Å². The van der Waals surface area contributed by atoms with Gasteiger partial charge < -0.3 is 5.32 Å². The molecule has 0 saturated heterocycles. The Balaban J connectivity index is 1.60. The highest BCUT2D eigenvalue weighted by molar-refractivity contribution is 7.09. The summed E-state index contributed by atoms with van der Waals surface area (Å²) in [7, 11) is 0. The Morgan fingerprint density at radius 2 is 1.96 bits per heavy atom. The van der Waals surface area contributed by atoms with E-state index < -0.39 is 0 Å². The highest BCUT2D eigenvalue weighted by Gasteiger charge is 2.07. The SMILES string of the molecule is O=C(NCCc1cccs1)c1ccc(-c2ccc(F)cc2)nc1. The standard InChI is InChI=1S/C18H15FN2OS/c19-15-6-3-13(4-7-15)17-8-5-14(12-21-17)18(22)20-10-9-16-2-1-11-23-16/h1-8,11-12H,9-10H2,(H,20,22). The van der Waals surface area contributed by atoms with Crippen LogP contribution in [0.2, 0.25) is 0 Å². The van der Waals surface area contributed by atoms with E-state index in [1.807, 2.05) is 11.4 Å². The third-order valence-corrected chi connectivity index (χ3v) is 4.34. The summed E-state index contributed by atoms with van der Waals surface area (Å²) in [6, 6.07) is 13.7. The Morgan fingerprint density at radius 3 is 2.61 bits per heavy atom. The second-order valence-electron chi connectivity index (χ2n) is 5.02. The molecule has 2 aromatic heterocycles. The Hall–Kier alpha value is -2.53. The largest absolute Gasteiger partial charge is 0.352 e. The average molecular weight is 326 g/mol. The molecule has 0 radical (unpaired) electrons. The molecule has 1 N–H and O–H groups in total. The number of aromatic nitrogens is 1. The zero-order valence-electron chi connectivity index (χ0n) is 12.3. The van der Waals surface area contributed by atoms with E-state index in [1.54, 1.807) is 41.8 Å². The van der Waals surface area contributed by atoms with E-state index in [4.69, 9.17) is 0 Å². The molecule has 0 atom stereocenters. The quantitative estimate of drug-likeness (QED) is 0.772. The third kappa shape index (κ3) is 4.02. The number of rotatable bonds is 5. The molecular weight excluding hydrogens is 311 g/mol. The summed E-state index contributed by atoms with van der Waals surface area (Å²) in [4.78, 5) is 17.6. The first-order chi connectivity index (χ1) is 11.2. The van der Waals surface area contributed by atoms with Gasteiger partial charge >= 0.3 is 0 Å². The lowest BCUT2D eigenvalue weighted by Gasteiger charge is -2.05. The molecular formula is C18H15FN2OS. The topological polar surface area (TPSA) is 42.0 Å². The summed E-state index contributed by atoms with van der Waals surface area (Å²) in [5, 5.41) is 4.91. The van der Waals surface area contributed by atoms with Gasteiger partial charge in [0.2, 0.25) is 0 Å². The first kappa shape index (κ1) is 15.4. The lowest BCUT2D eigenvalue weighted by Crippen LogP contribution is -2.25. The van der Waals surface area contributed by atoms with E-state index in [0.29, 0.717) is 17.8 Å². The fourth-order valence-electron chi connectivity index (χ4n) is 2.18. The summed E-state index contributed by atoms with van der Waals surface area (Å²) in [6.07, 6.45) is 2.36. The van der Waals surface area contributed by atoms with Gasteiger partial charge in [0, 0.05) is 23.2 Å². The number of hydrogen-bond donors (Lipinski definition) is 1. The van der Waals surface area contributed by atoms with Gasteiger partial charge in [0.1, 0.15) is 5.82 Å². The molecule has 3 aromatic rings. The van der Waals surface area contributed by atoms with Gasteiger partial charge in [0.25, 0.3) is 5.91 Å². The second kappa shape index (κ2) is 7.15. The summed E-state index contributed by atoms with van der Waals surface area (Å²) in [5.41, 5.74) is 2.04. The van der Waals surface area contributed by atoms with Crippen molar-refractivity contribution in [3.63, 3.8) is 0 Å². The number of carbonyl (C=O) groups is 1. The van der Waals surface area contributed by atoms with E-state index in [9.17, 15) is 9.18 Å². The van der Waals surface area contributed by atoms with Gasteiger partial charge in [-0.2, -0.15) is 0 Å². The first-order valence-electron chi connectivity index (χ1n) is 7.25. The molecule has 0 aliphatic rings. The lowest BCUT2D eigenvalue weighted by atomic mass is 10.1. The van der Waals surface area contributed by atoms with Crippen LogP contribution in [-0.2, 0) is 6.42 Å². The molecule has 5 heteroatoms. The number of nitrogens with one attached hydrogen (secondary N) is 1. The molecule has 3 rings (SSSR count). The molecule has 1 aromatic carbocycles. The van der Waals surface area contributed by atoms with Gasteiger partial charge in [-0.1, -0.05) is 6.07 Å². The average Bonchev–Trinajstić information content (AvgIpc) is 3.09. The maximum absolute atomic E-state index is 12.9. The van der Waals surface area contributed by atoms with Crippen molar-refractivity contribution in [3.8, 4) is 11.3 Å². The molecule has 0 spiro atoms. The Kier molecular flexibility index (Phi) is 4.78. The summed E-state index contributed by atoms with van der Waals surface area (Å²) >= 11 is 1.68. The first-order valence-corrected chi connectivity index (χ1v) is 8.13. The molecule has 0 fully saturated rings. The van der Waals surface area contributed by atoms with E-state index in [2.05, 4.69) is 16.4 Å². The Labute approximate surface area is 137 Å². The molecule has 3 nitrogen and oxygen atoms in total. The molecule has 0 bridgehead atoms. The number of carbonyl (C=O) groups excluding carboxylic acids is 1. The van der Waals surface area contributed by atoms with Crippen LogP contribution < -0.4 is 5.32 Å². The molecule has 0 saturated carbocycles. The predicted molar refractivity (Wildman–Crippen MR) is 90.0 cm³/mol. The fraction of sp³-hybridized carbons (Fsp3) is 0.111. The van der Waals surface area contributed by atoms with Crippen LogP contribution in [0.25, 0.3) is 11.3 Å². The number of nitrogens with zero attached hydrogens (tertiary/aromatic N) is 1. The van der Waals surface area contributed by atoms with Crippen LogP contribution >= 0.6 is 11.3 Å².